The number of anilines is 1. The number of sulfonamides is 1. The van der Waals surface area contributed by atoms with Gasteiger partial charge in [-0.05, 0) is 36.1 Å². The highest BCUT2D eigenvalue weighted by atomic mass is 32.2. The molecule has 0 N–H and O–H groups in total. The second-order valence-electron chi connectivity index (χ2n) is 7.86. The van der Waals surface area contributed by atoms with Crippen LogP contribution in [-0.4, -0.2) is 55.6 Å². The van der Waals surface area contributed by atoms with Crippen molar-refractivity contribution < 1.29 is 13.2 Å². The molecule has 0 bridgehead atoms. The summed E-state index contributed by atoms with van der Waals surface area (Å²) in [6.07, 6.45) is 0. The lowest BCUT2D eigenvalue weighted by molar-refractivity contribution is 0.396. The highest BCUT2D eigenvalue weighted by Gasteiger charge is 2.45. The molecule has 0 aliphatic carbocycles. The fourth-order valence-corrected chi connectivity index (χ4v) is 6.41. The minimum Gasteiger partial charge on any atom is -0.495 e. The van der Waals surface area contributed by atoms with Crippen molar-refractivity contribution >= 4 is 27.0 Å². The van der Waals surface area contributed by atoms with E-state index in [2.05, 4.69) is 15.5 Å². The van der Waals surface area contributed by atoms with E-state index in [1.54, 1.807) is 28.6 Å². The van der Waals surface area contributed by atoms with Crippen LogP contribution >= 0.6 is 0 Å². The lowest BCUT2D eigenvalue weighted by atomic mass is 10.0. The van der Waals surface area contributed by atoms with Gasteiger partial charge in [0.1, 0.15) is 10.6 Å². The summed E-state index contributed by atoms with van der Waals surface area (Å²) >= 11 is 0. The first-order valence-corrected chi connectivity index (χ1v) is 11.2. The first-order chi connectivity index (χ1) is 14.0. The molecule has 2 saturated heterocycles. The molecule has 0 spiro atoms. The molecule has 2 aliphatic rings. The number of ether oxygens (including phenoxy) is 1. The zero-order valence-electron chi connectivity index (χ0n) is 16.5. The van der Waals surface area contributed by atoms with Gasteiger partial charge < -0.3 is 14.2 Å². The standard InChI is InChI=1S/C21H24N4O3S/c1-23-18-8-4-3-7-17(18)22-21(23)24-11-15-13-25(14-16(15)12-24)29(26,27)20-10-6-5-9-19(20)28-2/h3-10,15-16H,11-14H2,1-2H3. The number of hydrogen-bond acceptors (Lipinski definition) is 5. The Morgan fingerprint density at radius 1 is 0.966 bits per heavy atom. The highest BCUT2D eigenvalue weighted by Crippen LogP contribution is 2.38. The van der Waals surface area contributed by atoms with Crippen LogP contribution in [0.4, 0.5) is 5.95 Å². The largest absolute Gasteiger partial charge is 0.495 e. The smallest absolute Gasteiger partial charge is 0.246 e. The molecule has 2 atom stereocenters. The van der Waals surface area contributed by atoms with Gasteiger partial charge in [-0.1, -0.05) is 24.3 Å². The summed E-state index contributed by atoms with van der Waals surface area (Å²) in [7, 11) is -0.0246. The Balaban J connectivity index is 1.36. The number of hydrogen-bond donors (Lipinski definition) is 0. The van der Waals surface area contributed by atoms with Crippen LogP contribution in [0, 0.1) is 11.8 Å². The third kappa shape index (κ3) is 2.89. The fourth-order valence-electron chi connectivity index (χ4n) is 4.70. The van der Waals surface area contributed by atoms with Crippen molar-refractivity contribution in [2.24, 2.45) is 18.9 Å². The average Bonchev–Trinajstić information content (AvgIpc) is 3.40. The quantitative estimate of drug-likeness (QED) is 0.658. The van der Waals surface area contributed by atoms with Gasteiger partial charge in [-0.15, -0.1) is 0 Å². The lowest BCUT2D eigenvalue weighted by Gasteiger charge is -2.22. The molecule has 3 heterocycles. The van der Waals surface area contributed by atoms with E-state index in [-0.39, 0.29) is 4.90 Å². The Labute approximate surface area is 170 Å². The van der Waals surface area contributed by atoms with Crippen molar-refractivity contribution in [1.29, 1.82) is 0 Å². The van der Waals surface area contributed by atoms with Gasteiger partial charge >= 0.3 is 0 Å². The van der Waals surface area contributed by atoms with E-state index in [0.29, 0.717) is 30.7 Å². The van der Waals surface area contributed by atoms with Crippen LogP contribution in [0.25, 0.3) is 11.0 Å². The zero-order chi connectivity index (χ0) is 20.2. The van der Waals surface area contributed by atoms with E-state index in [0.717, 1.165) is 30.1 Å². The molecular weight excluding hydrogens is 388 g/mol. The summed E-state index contributed by atoms with van der Waals surface area (Å²) in [5.41, 5.74) is 2.10. The summed E-state index contributed by atoms with van der Waals surface area (Å²) in [6, 6.07) is 14.9. The van der Waals surface area contributed by atoms with Crippen molar-refractivity contribution in [3.05, 3.63) is 48.5 Å². The Bertz CT molecular complexity index is 1160. The van der Waals surface area contributed by atoms with E-state index < -0.39 is 10.0 Å². The molecule has 8 heteroatoms. The van der Waals surface area contributed by atoms with Crippen LogP contribution in [0.5, 0.6) is 5.75 Å². The number of imidazole rings is 1. The molecule has 2 aliphatic heterocycles. The summed E-state index contributed by atoms with van der Waals surface area (Å²) < 4.78 is 35.4. The van der Waals surface area contributed by atoms with Gasteiger partial charge in [-0.3, -0.25) is 0 Å². The first-order valence-electron chi connectivity index (χ1n) is 9.78. The molecule has 3 aromatic rings. The number of fused-ring (bicyclic) bond motifs is 2. The number of rotatable bonds is 4. The lowest BCUT2D eigenvalue weighted by Crippen LogP contribution is -2.34. The van der Waals surface area contributed by atoms with Crippen molar-refractivity contribution in [2.75, 3.05) is 38.2 Å². The van der Waals surface area contributed by atoms with Crippen LogP contribution in [0.3, 0.4) is 0 Å². The van der Waals surface area contributed by atoms with E-state index >= 15 is 0 Å². The molecule has 0 radical (unpaired) electrons. The Kier molecular flexibility index (Phi) is 4.29. The van der Waals surface area contributed by atoms with E-state index in [1.165, 1.54) is 7.11 Å². The van der Waals surface area contributed by atoms with Crippen molar-refractivity contribution in [1.82, 2.24) is 13.9 Å². The molecule has 5 rings (SSSR count). The van der Waals surface area contributed by atoms with Crippen LogP contribution < -0.4 is 9.64 Å². The first kappa shape index (κ1) is 18.4. The predicted molar refractivity (Wildman–Crippen MR) is 112 cm³/mol. The van der Waals surface area contributed by atoms with Gasteiger partial charge in [0, 0.05) is 33.2 Å². The van der Waals surface area contributed by atoms with Crippen molar-refractivity contribution in [3.8, 4) is 5.75 Å². The molecule has 7 nitrogen and oxygen atoms in total. The summed E-state index contributed by atoms with van der Waals surface area (Å²) in [4.78, 5) is 7.34. The maximum absolute atomic E-state index is 13.2. The van der Waals surface area contributed by atoms with Crippen molar-refractivity contribution in [2.45, 2.75) is 4.90 Å². The molecule has 29 heavy (non-hydrogen) atoms. The number of benzene rings is 2. The number of methoxy groups -OCH3 is 1. The van der Waals surface area contributed by atoms with Gasteiger partial charge in [0.15, 0.2) is 0 Å². The second-order valence-corrected chi connectivity index (χ2v) is 9.76. The maximum atomic E-state index is 13.2. The van der Waals surface area contributed by atoms with Crippen molar-refractivity contribution in [3.63, 3.8) is 0 Å². The highest BCUT2D eigenvalue weighted by molar-refractivity contribution is 7.89. The van der Waals surface area contributed by atoms with E-state index in [1.807, 2.05) is 25.2 Å². The zero-order valence-corrected chi connectivity index (χ0v) is 17.3. The van der Waals surface area contributed by atoms with Gasteiger partial charge in [0.2, 0.25) is 16.0 Å². The summed E-state index contributed by atoms with van der Waals surface area (Å²) in [5, 5.41) is 0. The average molecular weight is 413 g/mol. The third-order valence-corrected chi connectivity index (χ3v) is 8.06. The molecule has 1 aromatic heterocycles. The Hall–Kier alpha value is -2.58. The topological polar surface area (TPSA) is 67.7 Å². The van der Waals surface area contributed by atoms with Crippen LogP contribution in [0.1, 0.15) is 0 Å². The molecule has 0 saturated carbocycles. The number of aromatic nitrogens is 2. The maximum Gasteiger partial charge on any atom is 0.246 e. The Morgan fingerprint density at radius 2 is 1.62 bits per heavy atom. The number of para-hydroxylation sites is 3. The SMILES string of the molecule is COc1ccccc1S(=O)(=O)N1CC2CN(c3nc4ccccc4n3C)CC2C1. The van der Waals surface area contributed by atoms with Gasteiger partial charge in [-0.25, -0.2) is 13.4 Å². The summed E-state index contributed by atoms with van der Waals surface area (Å²) in [6.45, 7) is 2.70. The van der Waals surface area contributed by atoms with Gasteiger partial charge in [0.05, 0.1) is 18.1 Å². The molecule has 152 valence electrons. The van der Waals surface area contributed by atoms with E-state index in [4.69, 9.17) is 9.72 Å². The molecule has 2 fully saturated rings. The van der Waals surface area contributed by atoms with E-state index in [9.17, 15) is 8.42 Å². The van der Waals surface area contributed by atoms with Gasteiger partial charge in [-0.2, -0.15) is 4.31 Å². The third-order valence-electron chi connectivity index (χ3n) is 6.19. The second kappa shape index (κ2) is 6.74. The van der Waals surface area contributed by atoms with Crippen LogP contribution in [0.15, 0.2) is 53.4 Å². The molecule has 2 unspecified atom stereocenters. The minimum absolute atomic E-state index is 0.245. The number of nitrogens with zero attached hydrogens (tertiary/aromatic N) is 4. The van der Waals surface area contributed by atoms with Gasteiger partial charge in [0.25, 0.3) is 0 Å². The normalized spacial score (nSPS) is 22.3. The summed E-state index contributed by atoms with van der Waals surface area (Å²) in [5.74, 6) is 1.96. The monoisotopic (exact) mass is 412 g/mol. The molecule has 0 amide bonds. The van der Waals surface area contributed by atoms with Crippen LogP contribution in [-0.2, 0) is 17.1 Å². The molecule has 2 aromatic carbocycles. The van der Waals surface area contributed by atoms with Crippen LogP contribution in [0.2, 0.25) is 0 Å². The predicted octanol–water partition coefficient (Wildman–Crippen LogP) is 2.34. The number of aryl methyl sites for hydroxylation is 1. The fraction of sp³-hybridized carbons (Fsp3) is 0.381. The Morgan fingerprint density at radius 3 is 2.31 bits per heavy atom. The minimum atomic E-state index is -3.57. The molecular formula is C21H24N4O3S.